The first kappa shape index (κ1) is 20.3. The molecule has 0 fully saturated rings. The Kier molecular flexibility index (Phi) is 5.06. The molecule has 0 unspecified atom stereocenters. The predicted octanol–water partition coefficient (Wildman–Crippen LogP) is -0.104. The summed E-state index contributed by atoms with van der Waals surface area (Å²) in [6, 6.07) is 3.98. The van der Waals surface area contributed by atoms with Crippen LogP contribution >= 0.6 is 0 Å². The Hall–Kier alpha value is -3.39. The summed E-state index contributed by atoms with van der Waals surface area (Å²) in [5.41, 5.74) is 0.0337. The van der Waals surface area contributed by atoms with Crippen molar-refractivity contribution in [1.29, 1.82) is 0 Å². The molecule has 29 heavy (non-hydrogen) atoms. The van der Waals surface area contributed by atoms with Gasteiger partial charge in [0.1, 0.15) is 0 Å². The summed E-state index contributed by atoms with van der Waals surface area (Å²) >= 11 is 0. The molecule has 3 heterocycles. The van der Waals surface area contributed by atoms with E-state index in [1.165, 1.54) is 30.6 Å². The number of rotatable bonds is 5. The van der Waals surface area contributed by atoms with Gasteiger partial charge in [0.2, 0.25) is 35.8 Å². The van der Waals surface area contributed by atoms with Gasteiger partial charge in [0.05, 0.1) is 22.8 Å². The summed E-state index contributed by atoms with van der Waals surface area (Å²) in [4.78, 5) is 34.3. The molecule has 0 amide bonds. The van der Waals surface area contributed by atoms with Crippen molar-refractivity contribution in [1.82, 2.24) is 29.9 Å². The third-order valence-corrected chi connectivity index (χ3v) is 5.09. The van der Waals surface area contributed by atoms with Crippen molar-refractivity contribution in [3.63, 3.8) is 0 Å². The SMILES string of the molecule is CS(=O)(=O)c1nccc(-c2cc(-c3ccnc(S(C)(=O)=O)n3)nc(C(=O)O)n2)n1. The highest BCUT2D eigenvalue weighted by molar-refractivity contribution is 7.90. The van der Waals surface area contributed by atoms with Crippen LogP contribution in [0.1, 0.15) is 10.6 Å². The summed E-state index contributed by atoms with van der Waals surface area (Å²) in [6.45, 7) is 0. The first-order valence-electron chi connectivity index (χ1n) is 7.64. The molecule has 0 aromatic carbocycles. The molecule has 12 nitrogen and oxygen atoms in total. The van der Waals surface area contributed by atoms with Crippen molar-refractivity contribution in [2.24, 2.45) is 0 Å². The standard InChI is InChI=1S/C15H12N6O6S2/c1-28(24,25)14-16-5-3-8(20-14)10-7-11(19-12(18-10)13(22)23)9-4-6-17-15(21-9)29(2,26)27/h3-7H,1-2H3,(H,22,23). The van der Waals surface area contributed by atoms with E-state index >= 15 is 0 Å². The molecule has 0 bridgehead atoms. The van der Waals surface area contributed by atoms with Crippen LogP contribution in [0.25, 0.3) is 22.8 Å². The summed E-state index contributed by atoms with van der Waals surface area (Å²) in [7, 11) is -7.43. The van der Waals surface area contributed by atoms with Crippen LogP contribution in [0.4, 0.5) is 0 Å². The van der Waals surface area contributed by atoms with Crippen LogP contribution in [-0.4, -0.2) is 70.3 Å². The lowest BCUT2D eigenvalue weighted by Gasteiger charge is -2.07. The van der Waals surface area contributed by atoms with Crippen molar-refractivity contribution in [3.05, 3.63) is 36.4 Å². The van der Waals surface area contributed by atoms with Gasteiger partial charge < -0.3 is 5.11 Å². The second kappa shape index (κ2) is 7.21. The lowest BCUT2D eigenvalue weighted by Crippen LogP contribution is -2.09. The molecule has 0 atom stereocenters. The second-order valence-corrected chi connectivity index (χ2v) is 9.58. The topological polar surface area (TPSA) is 183 Å². The number of carboxylic acids is 1. The highest BCUT2D eigenvalue weighted by atomic mass is 32.2. The van der Waals surface area contributed by atoms with Crippen LogP contribution in [0.15, 0.2) is 40.9 Å². The first-order valence-corrected chi connectivity index (χ1v) is 11.4. The normalized spacial score (nSPS) is 11.9. The van der Waals surface area contributed by atoms with Gasteiger partial charge in [-0.1, -0.05) is 0 Å². The highest BCUT2D eigenvalue weighted by Crippen LogP contribution is 2.22. The second-order valence-electron chi connectivity index (χ2n) is 5.76. The minimum absolute atomic E-state index is 0.0146. The molecule has 0 aliphatic carbocycles. The van der Waals surface area contributed by atoms with Gasteiger partial charge in [-0.05, 0) is 18.2 Å². The minimum atomic E-state index is -3.71. The van der Waals surface area contributed by atoms with Gasteiger partial charge in [-0.25, -0.2) is 51.5 Å². The van der Waals surface area contributed by atoms with Crippen molar-refractivity contribution in [3.8, 4) is 22.8 Å². The molecule has 0 radical (unpaired) electrons. The Morgan fingerprint density at radius 3 is 1.52 bits per heavy atom. The molecule has 0 aliphatic rings. The molecule has 14 heteroatoms. The molecule has 0 spiro atoms. The van der Waals surface area contributed by atoms with Crippen LogP contribution in [0.3, 0.4) is 0 Å². The molecule has 150 valence electrons. The highest BCUT2D eigenvalue weighted by Gasteiger charge is 2.19. The number of carbonyl (C=O) groups is 1. The van der Waals surface area contributed by atoms with E-state index in [0.29, 0.717) is 0 Å². The molecule has 0 saturated heterocycles. The van der Waals surface area contributed by atoms with Crippen molar-refractivity contribution < 1.29 is 26.7 Å². The maximum atomic E-state index is 11.7. The van der Waals surface area contributed by atoms with Crippen LogP contribution in [-0.2, 0) is 19.7 Å². The average Bonchev–Trinajstić information content (AvgIpc) is 2.66. The number of sulfone groups is 2. The minimum Gasteiger partial charge on any atom is -0.475 e. The van der Waals surface area contributed by atoms with Gasteiger partial charge in [-0.3, -0.25) is 0 Å². The maximum absolute atomic E-state index is 11.7. The average molecular weight is 436 g/mol. The molecular formula is C15H12N6O6S2. The number of aromatic carboxylic acids is 1. The van der Waals surface area contributed by atoms with E-state index in [-0.39, 0.29) is 22.8 Å². The molecule has 1 N–H and O–H groups in total. The summed E-state index contributed by atoms with van der Waals surface area (Å²) in [6.07, 6.45) is 4.22. The number of hydrogen-bond acceptors (Lipinski definition) is 11. The Morgan fingerprint density at radius 1 is 0.759 bits per heavy atom. The van der Waals surface area contributed by atoms with Crippen LogP contribution in [0, 0.1) is 0 Å². The first-order chi connectivity index (χ1) is 13.4. The van der Waals surface area contributed by atoms with E-state index in [1.54, 1.807) is 0 Å². The van der Waals surface area contributed by atoms with Crippen LogP contribution < -0.4 is 0 Å². The summed E-state index contributed by atoms with van der Waals surface area (Å²) in [5, 5.41) is 8.38. The third-order valence-electron chi connectivity index (χ3n) is 3.37. The lowest BCUT2D eigenvalue weighted by molar-refractivity contribution is 0.0683. The number of carboxylic acid groups (broad SMARTS) is 1. The zero-order chi connectivity index (χ0) is 21.4. The summed E-state index contributed by atoms with van der Waals surface area (Å²) < 4.78 is 46.7. The van der Waals surface area contributed by atoms with Gasteiger partial charge >= 0.3 is 5.97 Å². The lowest BCUT2D eigenvalue weighted by atomic mass is 10.2. The number of hydrogen-bond donors (Lipinski definition) is 1. The van der Waals surface area contributed by atoms with Crippen LogP contribution in [0.2, 0.25) is 0 Å². The van der Waals surface area contributed by atoms with E-state index in [2.05, 4.69) is 29.9 Å². The molecule has 3 aromatic heterocycles. The quantitative estimate of drug-likeness (QED) is 0.525. The third kappa shape index (κ3) is 4.55. The Balaban J connectivity index is 2.22. The van der Waals surface area contributed by atoms with Gasteiger partial charge in [-0.2, -0.15) is 0 Å². The van der Waals surface area contributed by atoms with Gasteiger partial charge in [-0.15, -0.1) is 0 Å². The van der Waals surface area contributed by atoms with E-state index in [1.807, 2.05) is 0 Å². The smallest absolute Gasteiger partial charge is 0.373 e. The fourth-order valence-electron chi connectivity index (χ4n) is 2.13. The van der Waals surface area contributed by atoms with Gasteiger partial charge in [0.15, 0.2) is 0 Å². The molecular weight excluding hydrogens is 424 g/mol. The van der Waals surface area contributed by atoms with Crippen molar-refractivity contribution in [2.75, 3.05) is 12.5 Å². The predicted molar refractivity (Wildman–Crippen MR) is 97.3 cm³/mol. The zero-order valence-corrected chi connectivity index (χ0v) is 16.5. The van der Waals surface area contributed by atoms with E-state index in [4.69, 9.17) is 0 Å². The Labute approximate surface area is 164 Å². The molecule has 3 rings (SSSR count). The van der Waals surface area contributed by atoms with Crippen molar-refractivity contribution in [2.45, 2.75) is 10.3 Å². The fraction of sp³-hybridized carbons (Fsp3) is 0.133. The zero-order valence-electron chi connectivity index (χ0n) is 14.9. The van der Waals surface area contributed by atoms with Gasteiger partial charge in [0, 0.05) is 24.9 Å². The largest absolute Gasteiger partial charge is 0.475 e. The van der Waals surface area contributed by atoms with E-state index in [9.17, 15) is 26.7 Å². The maximum Gasteiger partial charge on any atom is 0.373 e. The Morgan fingerprint density at radius 2 is 1.17 bits per heavy atom. The number of aromatic nitrogens is 6. The van der Waals surface area contributed by atoms with E-state index < -0.39 is 41.8 Å². The van der Waals surface area contributed by atoms with E-state index in [0.717, 1.165) is 12.5 Å². The molecule has 0 aliphatic heterocycles. The Bertz CT molecular complexity index is 1250. The monoisotopic (exact) mass is 436 g/mol. The van der Waals surface area contributed by atoms with Crippen molar-refractivity contribution >= 4 is 25.6 Å². The molecule has 3 aromatic rings. The summed E-state index contributed by atoms with van der Waals surface area (Å²) in [5.74, 6) is -2.07. The number of nitrogens with zero attached hydrogens (tertiary/aromatic N) is 6. The fourth-order valence-corrected chi connectivity index (χ4v) is 3.16. The van der Waals surface area contributed by atoms with Crippen LogP contribution in [0.5, 0.6) is 0 Å². The van der Waals surface area contributed by atoms with Gasteiger partial charge in [0.25, 0.3) is 0 Å². The molecule has 0 saturated carbocycles.